The van der Waals surface area contributed by atoms with Gasteiger partial charge in [-0.2, -0.15) is 4.68 Å². The van der Waals surface area contributed by atoms with E-state index >= 15 is 0 Å². The van der Waals surface area contributed by atoms with Gasteiger partial charge in [0.25, 0.3) is 5.91 Å². The normalized spacial score (nSPS) is 10.6. The van der Waals surface area contributed by atoms with Gasteiger partial charge in [0.1, 0.15) is 0 Å². The summed E-state index contributed by atoms with van der Waals surface area (Å²) in [5.74, 6) is -0.325. The molecule has 9 heteroatoms. The average molecular weight is 431 g/mol. The molecule has 0 saturated heterocycles. The third kappa shape index (κ3) is 4.78. The van der Waals surface area contributed by atoms with Crippen molar-refractivity contribution >= 4 is 29.3 Å². The molecule has 0 atom stereocenters. The highest BCUT2D eigenvalue weighted by Crippen LogP contribution is 2.24. The fraction of sp³-hybridized carbons (Fsp3) is 0.0455. The molecule has 0 aliphatic heterocycles. The van der Waals surface area contributed by atoms with E-state index in [0.29, 0.717) is 11.4 Å². The summed E-state index contributed by atoms with van der Waals surface area (Å²) in [6, 6.07) is 23.0. The van der Waals surface area contributed by atoms with Crippen LogP contribution >= 0.6 is 11.8 Å². The van der Waals surface area contributed by atoms with Gasteiger partial charge in [-0.05, 0) is 59.0 Å². The number of hydrogen-bond donors (Lipinski definition) is 2. The van der Waals surface area contributed by atoms with Gasteiger partial charge in [0.2, 0.25) is 0 Å². The highest BCUT2D eigenvalue weighted by atomic mass is 32.2. The first-order valence-electron chi connectivity index (χ1n) is 9.31. The molecular weight excluding hydrogens is 414 g/mol. The van der Waals surface area contributed by atoms with Gasteiger partial charge in [-0.3, -0.25) is 4.79 Å². The Morgan fingerprint density at radius 3 is 2.29 bits per heavy atom. The molecule has 8 nitrogen and oxygen atoms in total. The van der Waals surface area contributed by atoms with Crippen molar-refractivity contribution in [3.05, 3.63) is 95.8 Å². The van der Waals surface area contributed by atoms with Gasteiger partial charge in [0.15, 0.2) is 5.82 Å². The maximum Gasteiger partial charge on any atom is 0.336 e. The van der Waals surface area contributed by atoms with E-state index in [1.165, 1.54) is 12.1 Å². The van der Waals surface area contributed by atoms with Crippen molar-refractivity contribution in [2.75, 3.05) is 5.32 Å². The van der Waals surface area contributed by atoms with E-state index in [2.05, 4.69) is 20.8 Å². The molecule has 154 valence electrons. The number of carbonyl (C=O) groups excluding carboxylic acids is 1. The van der Waals surface area contributed by atoms with Gasteiger partial charge in [-0.15, -0.1) is 16.9 Å². The Morgan fingerprint density at radius 1 is 0.903 bits per heavy atom. The van der Waals surface area contributed by atoms with Crippen LogP contribution in [0, 0.1) is 0 Å². The Hall–Kier alpha value is -3.98. The largest absolute Gasteiger partial charge is 0.478 e. The quantitative estimate of drug-likeness (QED) is 0.427. The number of tetrazole rings is 1. The van der Waals surface area contributed by atoms with Crippen LogP contribution < -0.4 is 5.32 Å². The van der Waals surface area contributed by atoms with Gasteiger partial charge < -0.3 is 10.4 Å². The lowest BCUT2D eigenvalue weighted by Crippen LogP contribution is -2.16. The van der Waals surface area contributed by atoms with Gasteiger partial charge >= 0.3 is 5.97 Å². The van der Waals surface area contributed by atoms with E-state index in [9.17, 15) is 14.7 Å². The number of hydrogen-bond acceptors (Lipinski definition) is 6. The van der Waals surface area contributed by atoms with Crippen LogP contribution in [-0.4, -0.2) is 37.2 Å². The number of carboxylic acid groups (broad SMARTS) is 1. The highest BCUT2D eigenvalue weighted by Gasteiger charge is 2.16. The molecule has 1 heterocycles. The summed E-state index contributed by atoms with van der Waals surface area (Å²) in [4.78, 5) is 24.8. The number of thioether (sulfide) groups is 1. The fourth-order valence-corrected chi connectivity index (χ4v) is 3.72. The molecule has 0 spiro atoms. The summed E-state index contributed by atoms with van der Waals surface area (Å²) < 4.78 is 1.70. The van der Waals surface area contributed by atoms with Crippen LogP contribution in [0.3, 0.4) is 0 Å². The summed E-state index contributed by atoms with van der Waals surface area (Å²) >= 11 is 1.56. The molecule has 1 aromatic heterocycles. The zero-order chi connectivity index (χ0) is 21.6. The monoisotopic (exact) mass is 431 g/mol. The molecule has 31 heavy (non-hydrogen) atoms. The molecule has 3 aromatic carbocycles. The molecule has 0 bridgehead atoms. The van der Waals surface area contributed by atoms with Crippen molar-refractivity contribution in [3.63, 3.8) is 0 Å². The predicted octanol–water partition coefficient (Wildman–Crippen LogP) is 3.91. The van der Waals surface area contributed by atoms with Crippen LogP contribution in [0.4, 0.5) is 5.69 Å². The number of nitrogens with one attached hydrogen (secondary N) is 1. The van der Waals surface area contributed by atoms with Crippen LogP contribution in [0.15, 0.2) is 83.8 Å². The standard InChI is InChI=1S/C22H17N5O3S/c28-21(18-8-4-5-9-19(18)22(29)30)23-15-10-12-17(13-11-15)31-14-20-24-25-26-27(20)16-6-2-1-3-7-16/h1-13H,14H2,(H,23,28)(H,29,30). The van der Waals surface area contributed by atoms with Crippen molar-refractivity contribution in [1.29, 1.82) is 0 Å². The van der Waals surface area contributed by atoms with Crippen LogP contribution in [0.2, 0.25) is 0 Å². The second kappa shape index (κ2) is 9.23. The number of rotatable bonds is 7. The maximum atomic E-state index is 12.5. The number of nitrogens with zero attached hydrogens (tertiary/aromatic N) is 4. The van der Waals surface area contributed by atoms with E-state index in [-0.39, 0.29) is 11.1 Å². The van der Waals surface area contributed by atoms with Crippen LogP contribution in [-0.2, 0) is 5.75 Å². The Labute approximate surface area is 181 Å². The summed E-state index contributed by atoms with van der Waals surface area (Å²) in [7, 11) is 0. The van der Waals surface area contributed by atoms with Crippen molar-refractivity contribution in [3.8, 4) is 5.69 Å². The number of aromatic carboxylic acids is 1. The molecule has 0 aliphatic carbocycles. The number of amides is 1. The Balaban J connectivity index is 1.40. The number of para-hydroxylation sites is 1. The Kier molecular flexibility index (Phi) is 6.04. The van der Waals surface area contributed by atoms with Gasteiger partial charge in [0.05, 0.1) is 22.6 Å². The molecule has 0 unspecified atom stereocenters. The van der Waals surface area contributed by atoms with E-state index in [1.54, 1.807) is 40.7 Å². The van der Waals surface area contributed by atoms with Crippen LogP contribution in [0.25, 0.3) is 5.69 Å². The summed E-state index contributed by atoms with van der Waals surface area (Å²) in [5, 5.41) is 23.9. The molecule has 1 amide bonds. The first kappa shape index (κ1) is 20.3. The van der Waals surface area contributed by atoms with E-state index in [1.807, 2.05) is 42.5 Å². The van der Waals surface area contributed by atoms with Crippen molar-refractivity contribution < 1.29 is 14.7 Å². The van der Waals surface area contributed by atoms with Gasteiger partial charge in [-0.25, -0.2) is 4.79 Å². The molecule has 2 N–H and O–H groups in total. The first-order chi connectivity index (χ1) is 15.1. The maximum absolute atomic E-state index is 12.5. The van der Waals surface area contributed by atoms with Crippen LogP contribution in [0.5, 0.6) is 0 Å². The number of benzene rings is 3. The zero-order valence-electron chi connectivity index (χ0n) is 16.2. The predicted molar refractivity (Wildman–Crippen MR) is 117 cm³/mol. The van der Waals surface area contributed by atoms with Gasteiger partial charge in [-0.1, -0.05) is 30.3 Å². The molecule has 4 aromatic rings. The van der Waals surface area contributed by atoms with E-state index in [4.69, 9.17) is 0 Å². The molecule has 0 saturated carbocycles. The fourth-order valence-electron chi connectivity index (χ4n) is 2.91. The number of anilines is 1. The molecule has 0 fully saturated rings. The highest BCUT2D eigenvalue weighted by molar-refractivity contribution is 7.98. The summed E-state index contributed by atoms with van der Waals surface area (Å²) in [6.45, 7) is 0. The Morgan fingerprint density at radius 2 is 1.58 bits per heavy atom. The van der Waals surface area contributed by atoms with Crippen molar-refractivity contribution in [2.24, 2.45) is 0 Å². The first-order valence-corrected chi connectivity index (χ1v) is 10.3. The smallest absolute Gasteiger partial charge is 0.336 e. The third-order valence-corrected chi connectivity index (χ3v) is 5.43. The Bertz CT molecular complexity index is 1210. The molecule has 4 rings (SSSR count). The average Bonchev–Trinajstić information content (AvgIpc) is 3.28. The minimum Gasteiger partial charge on any atom is -0.478 e. The van der Waals surface area contributed by atoms with Gasteiger partial charge in [0, 0.05) is 10.6 Å². The van der Waals surface area contributed by atoms with E-state index in [0.717, 1.165) is 16.4 Å². The minimum atomic E-state index is -1.14. The zero-order valence-corrected chi connectivity index (χ0v) is 17.0. The number of aromatic nitrogens is 4. The molecule has 0 radical (unpaired) electrons. The number of carboxylic acids is 1. The van der Waals surface area contributed by atoms with Crippen molar-refractivity contribution in [1.82, 2.24) is 20.2 Å². The third-order valence-electron chi connectivity index (χ3n) is 4.42. The second-order valence-electron chi connectivity index (χ2n) is 6.46. The molecule has 0 aliphatic rings. The minimum absolute atomic E-state index is 0.0386. The number of carbonyl (C=O) groups is 2. The lowest BCUT2D eigenvalue weighted by atomic mass is 10.1. The molecular formula is C22H17N5O3S. The lowest BCUT2D eigenvalue weighted by Gasteiger charge is -2.09. The summed E-state index contributed by atoms with van der Waals surface area (Å²) in [5.41, 5.74) is 1.54. The SMILES string of the molecule is O=C(O)c1ccccc1C(=O)Nc1ccc(SCc2nnnn2-c2ccccc2)cc1. The van der Waals surface area contributed by atoms with Crippen molar-refractivity contribution in [2.45, 2.75) is 10.6 Å². The summed E-state index contributed by atoms with van der Waals surface area (Å²) in [6.07, 6.45) is 0. The van der Waals surface area contributed by atoms with E-state index < -0.39 is 11.9 Å². The topological polar surface area (TPSA) is 110 Å². The lowest BCUT2D eigenvalue weighted by molar-refractivity contribution is 0.0692. The van der Waals surface area contributed by atoms with Crippen LogP contribution in [0.1, 0.15) is 26.5 Å². The second-order valence-corrected chi connectivity index (χ2v) is 7.51.